The van der Waals surface area contributed by atoms with Gasteiger partial charge in [-0.2, -0.15) is 0 Å². The highest BCUT2D eigenvalue weighted by Gasteiger charge is 2.29. The lowest BCUT2D eigenvalue weighted by atomic mass is 10.0. The number of pyridine rings is 1. The maximum Gasteiger partial charge on any atom is 0.339 e. The average molecular weight is 486 g/mol. The van der Waals surface area contributed by atoms with Crippen LogP contribution in [0.4, 0.5) is 0 Å². The van der Waals surface area contributed by atoms with Crippen molar-refractivity contribution in [2.45, 2.75) is 19.8 Å². The summed E-state index contributed by atoms with van der Waals surface area (Å²) in [7, 11) is 0. The molecule has 0 saturated carbocycles. The fourth-order valence-corrected chi connectivity index (χ4v) is 4.85. The third kappa shape index (κ3) is 4.66. The number of phenols is 1. The maximum absolute atomic E-state index is 13.3. The van der Waals surface area contributed by atoms with Crippen LogP contribution < -0.4 is 0 Å². The first-order chi connectivity index (χ1) is 17.4. The molecule has 36 heavy (non-hydrogen) atoms. The molecule has 3 aromatic rings. The Morgan fingerprint density at radius 3 is 2.39 bits per heavy atom. The Bertz CT molecular complexity index is 1370. The Labute approximate surface area is 208 Å². The fraction of sp³-hybridized carbons (Fsp3) is 0.286. The van der Waals surface area contributed by atoms with Gasteiger partial charge < -0.3 is 19.6 Å². The van der Waals surface area contributed by atoms with Gasteiger partial charge >= 0.3 is 5.97 Å². The van der Waals surface area contributed by atoms with E-state index in [4.69, 9.17) is 9.72 Å². The number of aromatic nitrogens is 1. The van der Waals surface area contributed by atoms with Gasteiger partial charge in [0.1, 0.15) is 5.75 Å². The molecule has 8 nitrogen and oxygen atoms in total. The van der Waals surface area contributed by atoms with Gasteiger partial charge in [0.05, 0.1) is 16.8 Å². The number of amides is 2. The van der Waals surface area contributed by atoms with Crippen LogP contribution in [0.25, 0.3) is 22.6 Å². The Morgan fingerprint density at radius 1 is 0.972 bits per heavy atom. The van der Waals surface area contributed by atoms with E-state index in [9.17, 15) is 19.5 Å². The number of hydrogen-bond donors (Lipinski definition) is 1. The summed E-state index contributed by atoms with van der Waals surface area (Å²) in [6, 6.07) is 14.4. The van der Waals surface area contributed by atoms with E-state index in [-0.39, 0.29) is 24.2 Å². The van der Waals surface area contributed by atoms with Crippen LogP contribution in [0.1, 0.15) is 40.5 Å². The highest BCUT2D eigenvalue weighted by molar-refractivity contribution is 6.07. The van der Waals surface area contributed by atoms with Gasteiger partial charge in [0.25, 0.3) is 5.91 Å². The summed E-state index contributed by atoms with van der Waals surface area (Å²) in [5.41, 5.74) is 4.68. The lowest BCUT2D eigenvalue weighted by Gasteiger charge is -2.34. The van der Waals surface area contributed by atoms with E-state index in [0.29, 0.717) is 49.1 Å². The van der Waals surface area contributed by atoms with Gasteiger partial charge in [-0.15, -0.1) is 0 Å². The zero-order chi connectivity index (χ0) is 25.2. The molecule has 0 atom stereocenters. The second-order valence-corrected chi connectivity index (χ2v) is 9.06. The topological polar surface area (TPSA) is 100 Å². The molecule has 2 aliphatic rings. The summed E-state index contributed by atoms with van der Waals surface area (Å²) in [4.78, 5) is 45.7. The van der Waals surface area contributed by atoms with Crippen LogP contribution in [0.2, 0.25) is 0 Å². The van der Waals surface area contributed by atoms with Crippen LogP contribution in [0.15, 0.2) is 48.5 Å². The van der Waals surface area contributed by atoms with Gasteiger partial charge in [-0.05, 0) is 53.8 Å². The summed E-state index contributed by atoms with van der Waals surface area (Å²) in [6.07, 6.45) is 3.38. The number of carbonyl (C=O) groups excluding carboxylic acids is 3. The quantitative estimate of drug-likeness (QED) is 0.570. The van der Waals surface area contributed by atoms with Gasteiger partial charge in [-0.3, -0.25) is 9.59 Å². The summed E-state index contributed by atoms with van der Waals surface area (Å²) < 4.78 is 5.53. The van der Waals surface area contributed by atoms with Crippen molar-refractivity contribution in [3.63, 3.8) is 0 Å². The molecule has 1 fully saturated rings. The molecule has 184 valence electrons. The number of fused-ring (bicyclic) bond motifs is 2. The standard InChI is InChI=1S/C28H27N3O5/c1-18(32)30-12-14-31(15-13-30)25(34)17-36-28(35)26-22-4-2-3-5-24(22)29-27-20(8-11-23(26)27)16-19-6-9-21(33)10-7-19/h2-7,9-10,16,33H,8,11-15,17H2,1H3. The molecule has 2 amide bonds. The second-order valence-electron chi connectivity index (χ2n) is 9.06. The lowest BCUT2D eigenvalue weighted by molar-refractivity contribution is -0.140. The van der Waals surface area contributed by atoms with Crippen molar-refractivity contribution in [2.24, 2.45) is 0 Å². The molecule has 0 spiro atoms. The Morgan fingerprint density at radius 2 is 1.67 bits per heavy atom. The third-order valence-corrected chi connectivity index (χ3v) is 6.78. The average Bonchev–Trinajstić information content (AvgIpc) is 3.28. The molecule has 0 bridgehead atoms. The number of ether oxygens (including phenoxy) is 1. The number of benzene rings is 2. The van der Waals surface area contributed by atoms with Crippen LogP contribution in [0.3, 0.4) is 0 Å². The molecule has 0 radical (unpaired) electrons. The van der Waals surface area contributed by atoms with E-state index < -0.39 is 5.97 Å². The number of hydrogen-bond acceptors (Lipinski definition) is 6. The summed E-state index contributed by atoms with van der Waals surface area (Å²) in [5.74, 6) is -0.611. The van der Waals surface area contributed by atoms with Crippen molar-refractivity contribution < 1.29 is 24.2 Å². The molecule has 1 aromatic heterocycles. The highest BCUT2D eigenvalue weighted by atomic mass is 16.5. The van der Waals surface area contributed by atoms with Crippen LogP contribution >= 0.6 is 0 Å². The molecule has 8 heteroatoms. The minimum absolute atomic E-state index is 0.00854. The zero-order valence-electron chi connectivity index (χ0n) is 20.1. The summed E-state index contributed by atoms with van der Waals surface area (Å²) in [6.45, 7) is 2.98. The fourth-order valence-electron chi connectivity index (χ4n) is 4.85. The van der Waals surface area contributed by atoms with E-state index in [1.165, 1.54) is 6.92 Å². The van der Waals surface area contributed by atoms with Crippen molar-refractivity contribution in [3.8, 4) is 5.75 Å². The summed E-state index contributed by atoms with van der Waals surface area (Å²) >= 11 is 0. The Hall–Kier alpha value is -4.20. The lowest BCUT2D eigenvalue weighted by Crippen LogP contribution is -2.51. The number of nitrogens with zero attached hydrogens (tertiary/aromatic N) is 3. The zero-order valence-corrected chi connectivity index (χ0v) is 20.1. The molecular formula is C28H27N3O5. The first-order valence-corrected chi connectivity index (χ1v) is 12.0. The van der Waals surface area contributed by atoms with Crippen LogP contribution in [-0.4, -0.2) is 70.5 Å². The first kappa shape index (κ1) is 23.5. The third-order valence-electron chi connectivity index (χ3n) is 6.78. The number of esters is 1. The molecule has 1 aliphatic carbocycles. The van der Waals surface area contributed by atoms with Crippen LogP contribution in [-0.2, 0) is 20.7 Å². The number of rotatable bonds is 4. The monoisotopic (exact) mass is 485 g/mol. The minimum Gasteiger partial charge on any atom is -0.508 e. The summed E-state index contributed by atoms with van der Waals surface area (Å²) in [5, 5.41) is 10.3. The highest BCUT2D eigenvalue weighted by Crippen LogP contribution is 2.38. The predicted molar refractivity (Wildman–Crippen MR) is 135 cm³/mol. The Kier molecular flexibility index (Phi) is 6.41. The minimum atomic E-state index is -0.536. The number of piperazine rings is 1. The first-order valence-electron chi connectivity index (χ1n) is 12.0. The van der Waals surface area contributed by atoms with Crippen molar-refractivity contribution >= 4 is 40.3 Å². The van der Waals surface area contributed by atoms with E-state index in [1.54, 1.807) is 21.9 Å². The number of phenolic OH excluding ortho intramolecular Hbond substituents is 1. The largest absolute Gasteiger partial charge is 0.508 e. The van der Waals surface area contributed by atoms with Gasteiger partial charge in [0.2, 0.25) is 5.91 Å². The van der Waals surface area contributed by atoms with Crippen LogP contribution in [0.5, 0.6) is 5.75 Å². The number of aromatic hydroxyl groups is 1. The van der Waals surface area contributed by atoms with Crippen molar-refractivity contribution in [2.75, 3.05) is 32.8 Å². The van der Waals surface area contributed by atoms with Gasteiger partial charge in [0, 0.05) is 38.5 Å². The van der Waals surface area contributed by atoms with E-state index in [0.717, 1.165) is 28.8 Å². The molecule has 5 rings (SSSR count). The van der Waals surface area contributed by atoms with E-state index in [2.05, 4.69) is 0 Å². The van der Waals surface area contributed by atoms with E-state index >= 15 is 0 Å². The van der Waals surface area contributed by atoms with Gasteiger partial charge in [-0.25, -0.2) is 9.78 Å². The van der Waals surface area contributed by atoms with Crippen molar-refractivity contribution in [1.82, 2.24) is 14.8 Å². The SMILES string of the molecule is CC(=O)N1CCN(C(=O)COC(=O)c2c3c(nc4ccccc24)C(=Cc2ccc(O)cc2)CC3)CC1. The molecule has 2 heterocycles. The number of allylic oxidation sites excluding steroid dienone is 1. The van der Waals surface area contributed by atoms with Gasteiger partial charge in [0.15, 0.2) is 6.61 Å². The predicted octanol–water partition coefficient (Wildman–Crippen LogP) is 3.27. The normalized spacial score (nSPS) is 16.3. The molecule has 2 aromatic carbocycles. The number of carbonyl (C=O) groups is 3. The molecule has 1 saturated heterocycles. The smallest absolute Gasteiger partial charge is 0.339 e. The Balaban J connectivity index is 1.39. The molecular weight excluding hydrogens is 458 g/mol. The number of para-hydroxylation sites is 1. The second kappa shape index (κ2) is 9.81. The van der Waals surface area contributed by atoms with E-state index in [1.807, 2.05) is 42.5 Å². The van der Waals surface area contributed by atoms with Gasteiger partial charge in [-0.1, -0.05) is 30.3 Å². The van der Waals surface area contributed by atoms with Crippen molar-refractivity contribution in [1.29, 1.82) is 0 Å². The molecule has 1 N–H and O–H groups in total. The van der Waals surface area contributed by atoms with Crippen molar-refractivity contribution in [3.05, 3.63) is 70.9 Å². The molecule has 0 unspecified atom stereocenters. The maximum atomic E-state index is 13.3. The molecule has 1 aliphatic heterocycles. The van der Waals surface area contributed by atoms with Crippen LogP contribution in [0, 0.1) is 0 Å².